The molecule has 1 N–H and O–H groups in total. The summed E-state index contributed by atoms with van der Waals surface area (Å²) in [6, 6.07) is 1.02. The fourth-order valence-electron chi connectivity index (χ4n) is 3.37. The Kier molecular flexibility index (Phi) is 5.03. The second-order valence-electron chi connectivity index (χ2n) is 6.85. The van der Waals surface area contributed by atoms with Gasteiger partial charge < -0.3 is 10.2 Å². The Morgan fingerprint density at radius 2 is 2.03 bits per heavy atom. The van der Waals surface area contributed by atoms with Gasteiger partial charge in [-0.15, -0.1) is 0 Å². The Labute approximate surface area is 172 Å². The van der Waals surface area contributed by atoms with Crippen LogP contribution >= 0.6 is 15.9 Å². The van der Waals surface area contributed by atoms with Gasteiger partial charge in [-0.1, -0.05) is 0 Å². The standard InChI is InChI=1S/C18H16BrF3N6O/c1-27(2)17(29)16-11(10-7-23-4-3-5-28(10)26-16)14-8-6-9(20)12(19)13(21)15(8)25-18(22)24-14/h6,23H,3-5,7H2,1-2H3. The SMILES string of the molecule is CN(C)C(=O)c1nn2c(c1-c1nc(F)nc3c(F)c(Br)c(F)cc13)CNCCC2. The normalized spacial score (nSPS) is 14.0. The summed E-state index contributed by atoms with van der Waals surface area (Å²) in [7, 11) is 3.12. The minimum Gasteiger partial charge on any atom is -0.343 e. The Morgan fingerprint density at radius 3 is 2.76 bits per heavy atom. The molecule has 0 spiro atoms. The first-order chi connectivity index (χ1) is 13.8. The highest BCUT2D eigenvalue weighted by Crippen LogP contribution is 2.36. The molecule has 3 aromatic rings. The van der Waals surface area contributed by atoms with E-state index in [1.165, 1.54) is 4.90 Å². The van der Waals surface area contributed by atoms with Crippen molar-refractivity contribution in [3.8, 4) is 11.3 Å². The van der Waals surface area contributed by atoms with Crippen molar-refractivity contribution in [3.05, 3.63) is 39.6 Å². The van der Waals surface area contributed by atoms with Crippen molar-refractivity contribution in [1.82, 2.24) is 30.0 Å². The number of aryl methyl sites for hydroxylation is 1. The van der Waals surface area contributed by atoms with E-state index >= 15 is 0 Å². The lowest BCUT2D eigenvalue weighted by atomic mass is 10.0. The lowest BCUT2D eigenvalue weighted by Gasteiger charge is -2.12. The molecule has 0 saturated carbocycles. The first-order valence-corrected chi connectivity index (χ1v) is 9.62. The van der Waals surface area contributed by atoms with Crippen LogP contribution in [-0.4, -0.2) is 51.2 Å². The molecule has 0 unspecified atom stereocenters. The summed E-state index contributed by atoms with van der Waals surface area (Å²) in [6.45, 7) is 1.61. The van der Waals surface area contributed by atoms with Crippen LogP contribution in [0.1, 0.15) is 22.6 Å². The first-order valence-electron chi connectivity index (χ1n) is 8.82. The van der Waals surface area contributed by atoms with Gasteiger partial charge in [-0.2, -0.15) is 14.5 Å². The van der Waals surface area contributed by atoms with Gasteiger partial charge in [0.25, 0.3) is 5.91 Å². The van der Waals surface area contributed by atoms with E-state index in [2.05, 4.69) is 36.3 Å². The number of aromatic nitrogens is 4. The molecule has 1 aromatic carbocycles. The molecule has 0 fully saturated rings. The van der Waals surface area contributed by atoms with Crippen LogP contribution in [-0.2, 0) is 13.1 Å². The number of amides is 1. The number of benzene rings is 1. The van der Waals surface area contributed by atoms with E-state index in [9.17, 15) is 18.0 Å². The molecular weight excluding hydrogens is 453 g/mol. The topological polar surface area (TPSA) is 75.9 Å². The van der Waals surface area contributed by atoms with Crippen LogP contribution < -0.4 is 5.32 Å². The minimum absolute atomic E-state index is 0.0387. The molecule has 4 rings (SSSR count). The van der Waals surface area contributed by atoms with E-state index in [1.807, 2.05) is 0 Å². The lowest BCUT2D eigenvalue weighted by molar-refractivity contribution is 0.0821. The predicted molar refractivity (Wildman–Crippen MR) is 103 cm³/mol. The Bertz CT molecular complexity index is 1150. The number of hydrogen-bond donors (Lipinski definition) is 1. The first kappa shape index (κ1) is 19.8. The van der Waals surface area contributed by atoms with Crippen molar-refractivity contribution in [1.29, 1.82) is 0 Å². The zero-order valence-electron chi connectivity index (χ0n) is 15.6. The van der Waals surface area contributed by atoms with Crippen LogP contribution in [0, 0.1) is 17.7 Å². The van der Waals surface area contributed by atoms with Gasteiger partial charge in [0.15, 0.2) is 11.5 Å². The summed E-state index contributed by atoms with van der Waals surface area (Å²) in [5, 5.41) is 7.58. The van der Waals surface area contributed by atoms with E-state index in [1.54, 1.807) is 18.8 Å². The highest BCUT2D eigenvalue weighted by Gasteiger charge is 2.29. The minimum atomic E-state index is -1.19. The monoisotopic (exact) mass is 468 g/mol. The van der Waals surface area contributed by atoms with Crippen molar-refractivity contribution >= 4 is 32.7 Å². The maximum absolute atomic E-state index is 14.6. The van der Waals surface area contributed by atoms with Gasteiger partial charge in [-0.25, -0.2) is 13.8 Å². The number of carbonyl (C=O) groups excluding carboxylic acids is 1. The van der Waals surface area contributed by atoms with E-state index < -0.39 is 28.1 Å². The molecule has 152 valence electrons. The van der Waals surface area contributed by atoms with Crippen molar-refractivity contribution < 1.29 is 18.0 Å². The molecule has 29 heavy (non-hydrogen) atoms. The highest BCUT2D eigenvalue weighted by molar-refractivity contribution is 9.10. The molecule has 0 bridgehead atoms. The molecule has 0 atom stereocenters. The molecule has 1 amide bonds. The molecule has 1 aliphatic rings. The van der Waals surface area contributed by atoms with E-state index in [0.717, 1.165) is 19.0 Å². The summed E-state index contributed by atoms with van der Waals surface area (Å²) in [4.78, 5) is 21.4. The zero-order valence-corrected chi connectivity index (χ0v) is 17.1. The Balaban J connectivity index is 2.10. The molecule has 3 heterocycles. The molecular formula is C18H16BrF3N6O. The molecule has 7 nitrogen and oxygen atoms in total. The van der Waals surface area contributed by atoms with Crippen LogP contribution in [0.4, 0.5) is 13.2 Å². The number of nitrogens with zero attached hydrogens (tertiary/aromatic N) is 5. The molecule has 2 aromatic heterocycles. The van der Waals surface area contributed by atoms with E-state index in [4.69, 9.17) is 0 Å². The molecule has 0 saturated heterocycles. The molecule has 0 aliphatic carbocycles. The highest BCUT2D eigenvalue weighted by atomic mass is 79.9. The molecule has 1 aliphatic heterocycles. The number of fused-ring (bicyclic) bond motifs is 2. The quantitative estimate of drug-likeness (QED) is 0.462. The number of halogens is 4. The number of rotatable bonds is 2. The van der Waals surface area contributed by atoms with Gasteiger partial charge in [-0.3, -0.25) is 9.48 Å². The Morgan fingerprint density at radius 1 is 1.28 bits per heavy atom. The van der Waals surface area contributed by atoms with Crippen LogP contribution in [0.25, 0.3) is 22.2 Å². The smallest absolute Gasteiger partial charge is 0.309 e. The van der Waals surface area contributed by atoms with Gasteiger partial charge in [-0.05, 0) is 35.0 Å². The average Bonchev–Trinajstić information content (AvgIpc) is 2.87. The summed E-state index contributed by atoms with van der Waals surface area (Å²) in [5.41, 5.74) is 0.414. The van der Waals surface area contributed by atoms with Gasteiger partial charge in [0, 0.05) is 32.6 Å². The van der Waals surface area contributed by atoms with Gasteiger partial charge in [0.05, 0.1) is 21.4 Å². The zero-order chi connectivity index (χ0) is 20.9. The average molecular weight is 469 g/mol. The second-order valence-corrected chi connectivity index (χ2v) is 7.64. The van der Waals surface area contributed by atoms with Crippen molar-refractivity contribution in [2.75, 3.05) is 20.6 Å². The fraction of sp³-hybridized carbons (Fsp3) is 0.333. The fourth-order valence-corrected chi connectivity index (χ4v) is 3.67. The Hall–Kier alpha value is -2.53. The predicted octanol–water partition coefficient (Wildman–Crippen LogP) is 2.87. The second kappa shape index (κ2) is 7.38. The summed E-state index contributed by atoms with van der Waals surface area (Å²) in [6.07, 6.45) is -0.409. The lowest BCUT2D eigenvalue weighted by Crippen LogP contribution is -2.23. The molecule has 11 heteroatoms. The molecule has 0 radical (unpaired) electrons. The third-order valence-corrected chi connectivity index (χ3v) is 5.45. The van der Waals surface area contributed by atoms with E-state index in [-0.39, 0.29) is 27.9 Å². The third-order valence-electron chi connectivity index (χ3n) is 4.72. The van der Waals surface area contributed by atoms with Crippen LogP contribution in [0.2, 0.25) is 0 Å². The maximum atomic E-state index is 14.6. The third kappa shape index (κ3) is 3.27. The van der Waals surface area contributed by atoms with Crippen molar-refractivity contribution in [2.45, 2.75) is 19.5 Å². The maximum Gasteiger partial charge on any atom is 0.309 e. The summed E-state index contributed by atoms with van der Waals surface area (Å²) < 4.78 is 44.4. The van der Waals surface area contributed by atoms with Crippen molar-refractivity contribution in [2.24, 2.45) is 0 Å². The van der Waals surface area contributed by atoms with Gasteiger partial charge >= 0.3 is 6.08 Å². The van der Waals surface area contributed by atoms with Gasteiger partial charge in [0.1, 0.15) is 11.3 Å². The number of hydrogen-bond acceptors (Lipinski definition) is 5. The largest absolute Gasteiger partial charge is 0.343 e. The summed E-state index contributed by atoms with van der Waals surface area (Å²) in [5.74, 6) is -2.35. The number of carbonyl (C=O) groups is 1. The summed E-state index contributed by atoms with van der Waals surface area (Å²) >= 11 is 2.81. The van der Waals surface area contributed by atoms with Crippen molar-refractivity contribution in [3.63, 3.8) is 0 Å². The van der Waals surface area contributed by atoms with E-state index in [0.29, 0.717) is 18.8 Å². The van der Waals surface area contributed by atoms with Crippen LogP contribution in [0.5, 0.6) is 0 Å². The van der Waals surface area contributed by atoms with Gasteiger partial charge in [0.2, 0.25) is 0 Å². The number of nitrogens with one attached hydrogen (secondary N) is 1. The van der Waals surface area contributed by atoms with Crippen LogP contribution in [0.15, 0.2) is 10.5 Å². The van der Waals surface area contributed by atoms with Crippen LogP contribution in [0.3, 0.4) is 0 Å².